The number of aliphatic hydroxyl groups is 1. The first-order chi connectivity index (χ1) is 12.8. The summed E-state index contributed by atoms with van der Waals surface area (Å²) < 4.78 is 4.87. The number of rotatable bonds is 7. The summed E-state index contributed by atoms with van der Waals surface area (Å²) in [6.07, 6.45) is 2.17. The molecule has 1 aromatic carbocycles. The van der Waals surface area contributed by atoms with Gasteiger partial charge < -0.3 is 9.84 Å². The molecule has 0 aromatic heterocycles. The van der Waals surface area contributed by atoms with E-state index in [0.717, 1.165) is 6.42 Å². The van der Waals surface area contributed by atoms with Gasteiger partial charge in [0.25, 0.3) is 0 Å². The molecule has 146 valence electrons. The van der Waals surface area contributed by atoms with Gasteiger partial charge in [-0.2, -0.15) is 0 Å². The minimum Gasteiger partial charge on any atom is -0.511 e. The Kier molecular flexibility index (Phi) is 6.94. The molecule has 1 aromatic rings. The molecule has 0 heterocycles. The number of hydrogen-bond acceptors (Lipinski definition) is 5. The third-order valence-corrected chi connectivity index (χ3v) is 4.96. The van der Waals surface area contributed by atoms with Crippen LogP contribution in [0.4, 0.5) is 0 Å². The SMILES string of the molecule is CCCC(=O)C1=C(O)[C@H](C(=O)OC)C(C)(C)CC1=NCCc1ccccc1. The zero-order valence-corrected chi connectivity index (χ0v) is 16.6. The van der Waals surface area contributed by atoms with Crippen LogP contribution in [0, 0.1) is 11.3 Å². The molecule has 5 nitrogen and oxygen atoms in total. The quantitative estimate of drug-likeness (QED) is 0.733. The standard InChI is InChI=1S/C22H29NO4/c1-5-9-17(24)18-16(23-13-12-15-10-7-6-8-11-15)14-22(2,3)19(20(18)25)21(26)27-4/h6-8,10-11,19,25H,5,9,12-14H2,1-4H3/t19-/m1/s1. The highest BCUT2D eigenvalue weighted by Gasteiger charge is 2.47. The number of aliphatic hydroxyl groups excluding tert-OH is 1. The first-order valence-corrected chi connectivity index (χ1v) is 9.43. The van der Waals surface area contributed by atoms with Gasteiger partial charge in [0.05, 0.1) is 12.7 Å². The second kappa shape index (κ2) is 8.98. The van der Waals surface area contributed by atoms with Gasteiger partial charge in [-0.1, -0.05) is 51.1 Å². The second-order valence-corrected chi connectivity index (χ2v) is 7.62. The summed E-state index contributed by atoms with van der Waals surface area (Å²) in [6.45, 7) is 6.21. The maximum absolute atomic E-state index is 12.7. The lowest BCUT2D eigenvalue weighted by atomic mass is 9.67. The zero-order valence-electron chi connectivity index (χ0n) is 16.6. The molecule has 2 rings (SSSR count). The third kappa shape index (κ3) is 4.85. The molecule has 27 heavy (non-hydrogen) atoms. The molecule has 0 bridgehead atoms. The van der Waals surface area contributed by atoms with Crippen molar-refractivity contribution in [3.63, 3.8) is 0 Å². The summed E-state index contributed by atoms with van der Waals surface area (Å²) in [5, 5.41) is 10.8. The normalized spacial score (nSPS) is 20.6. The Morgan fingerprint density at radius 2 is 1.93 bits per heavy atom. The van der Waals surface area contributed by atoms with Crippen molar-refractivity contribution in [2.24, 2.45) is 16.3 Å². The number of ether oxygens (including phenoxy) is 1. The number of methoxy groups -OCH3 is 1. The van der Waals surface area contributed by atoms with E-state index in [9.17, 15) is 14.7 Å². The van der Waals surface area contributed by atoms with Crippen LogP contribution >= 0.6 is 0 Å². The first-order valence-electron chi connectivity index (χ1n) is 9.43. The van der Waals surface area contributed by atoms with Crippen molar-refractivity contribution in [1.82, 2.24) is 0 Å². The van der Waals surface area contributed by atoms with Crippen LogP contribution in [0.2, 0.25) is 0 Å². The van der Waals surface area contributed by atoms with Gasteiger partial charge >= 0.3 is 5.97 Å². The summed E-state index contributed by atoms with van der Waals surface area (Å²) in [5.74, 6) is -1.75. The van der Waals surface area contributed by atoms with Crippen LogP contribution in [-0.4, -0.2) is 36.2 Å². The van der Waals surface area contributed by atoms with Crippen molar-refractivity contribution in [2.75, 3.05) is 13.7 Å². The Labute approximate surface area is 161 Å². The third-order valence-electron chi connectivity index (χ3n) is 4.96. The summed E-state index contributed by atoms with van der Waals surface area (Å²) in [5.41, 5.74) is 1.38. The van der Waals surface area contributed by atoms with Gasteiger partial charge in [-0.3, -0.25) is 14.6 Å². The van der Waals surface area contributed by atoms with Crippen molar-refractivity contribution in [2.45, 2.75) is 46.5 Å². The average molecular weight is 371 g/mol. The number of aliphatic imine (C=N–C) groups is 1. The van der Waals surface area contributed by atoms with Gasteiger partial charge in [-0.05, 0) is 30.2 Å². The summed E-state index contributed by atoms with van der Waals surface area (Å²) in [6, 6.07) is 10.0. The first kappa shape index (κ1) is 20.9. The molecule has 0 amide bonds. The predicted octanol–water partition coefficient (Wildman–Crippen LogP) is 4.07. The maximum atomic E-state index is 12.7. The molecule has 5 heteroatoms. The zero-order chi connectivity index (χ0) is 20.0. The van der Waals surface area contributed by atoms with E-state index in [0.29, 0.717) is 31.5 Å². The molecule has 1 N–H and O–H groups in total. The summed E-state index contributed by atoms with van der Waals surface area (Å²) in [4.78, 5) is 29.6. The molecule has 0 radical (unpaired) electrons. The summed E-state index contributed by atoms with van der Waals surface area (Å²) >= 11 is 0. The fraction of sp³-hybridized carbons (Fsp3) is 0.500. The van der Waals surface area contributed by atoms with Crippen LogP contribution in [0.3, 0.4) is 0 Å². The van der Waals surface area contributed by atoms with E-state index in [1.54, 1.807) is 0 Å². The van der Waals surface area contributed by atoms with Gasteiger partial charge in [-0.15, -0.1) is 0 Å². The minimum absolute atomic E-state index is 0.169. The molecule has 1 aliphatic rings. The lowest BCUT2D eigenvalue weighted by Crippen LogP contribution is -2.42. The molecule has 1 aliphatic carbocycles. The molecule has 0 saturated heterocycles. The molecule has 0 saturated carbocycles. The molecule has 0 spiro atoms. The molecule has 0 fully saturated rings. The monoisotopic (exact) mass is 371 g/mol. The highest BCUT2D eigenvalue weighted by Crippen LogP contribution is 2.43. The number of hydrogen-bond donors (Lipinski definition) is 1. The molecular formula is C22H29NO4. The van der Waals surface area contributed by atoms with E-state index in [4.69, 9.17) is 4.74 Å². The highest BCUT2D eigenvalue weighted by atomic mass is 16.5. The van der Waals surface area contributed by atoms with Crippen molar-refractivity contribution in [3.8, 4) is 0 Å². The van der Waals surface area contributed by atoms with Gasteiger partial charge in [0, 0.05) is 18.7 Å². The molecule has 0 unspecified atom stereocenters. The Bertz CT molecular complexity index is 747. The van der Waals surface area contributed by atoms with Crippen LogP contribution in [0.5, 0.6) is 0 Å². The number of carbonyl (C=O) groups excluding carboxylic acids is 2. The number of allylic oxidation sites excluding steroid dienone is 1. The van der Waals surface area contributed by atoms with Gasteiger partial charge in [0.2, 0.25) is 0 Å². The van der Waals surface area contributed by atoms with E-state index < -0.39 is 17.3 Å². The van der Waals surface area contributed by atoms with E-state index in [-0.39, 0.29) is 17.1 Å². The van der Waals surface area contributed by atoms with Crippen LogP contribution in [0.1, 0.15) is 45.6 Å². The van der Waals surface area contributed by atoms with E-state index >= 15 is 0 Å². The lowest BCUT2D eigenvalue weighted by Gasteiger charge is -2.37. The largest absolute Gasteiger partial charge is 0.511 e. The Balaban J connectivity index is 2.38. The predicted molar refractivity (Wildman–Crippen MR) is 106 cm³/mol. The number of carbonyl (C=O) groups is 2. The summed E-state index contributed by atoms with van der Waals surface area (Å²) in [7, 11) is 1.29. The van der Waals surface area contributed by atoms with Gasteiger partial charge in [-0.25, -0.2) is 0 Å². The molecular weight excluding hydrogens is 342 g/mol. The smallest absolute Gasteiger partial charge is 0.316 e. The second-order valence-electron chi connectivity index (χ2n) is 7.62. The molecule has 1 atom stereocenters. The lowest BCUT2D eigenvalue weighted by molar-refractivity contribution is -0.149. The van der Waals surface area contributed by atoms with Crippen LogP contribution in [0.25, 0.3) is 0 Å². The number of ketones is 1. The van der Waals surface area contributed by atoms with Crippen molar-refractivity contribution < 1.29 is 19.4 Å². The number of Topliss-reactive ketones (excluding diaryl/α,β-unsaturated/α-hetero) is 1. The highest BCUT2D eigenvalue weighted by molar-refractivity contribution is 6.24. The fourth-order valence-corrected chi connectivity index (χ4v) is 3.59. The van der Waals surface area contributed by atoms with Crippen molar-refractivity contribution in [1.29, 1.82) is 0 Å². The Morgan fingerprint density at radius 1 is 1.26 bits per heavy atom. The van der Waals surface area contributed by atoms with E-state index in [1.807, 2.05) is 51.1 Å². The maximum Gasteiger partial charge on any atom is 0.316 e. The Hall–Kier alpha value is -2.43. The minimum atomic E-state index is -0.855. The van der Waals surface area contributed by atoms with Crippen molar-refractivity contribution in [3.05, 3.63) is 47.2 Å². The van der Waals surface area contributed by atoms with E-state index in [1.165, 1.54) is 12.7 Å². The van der Waals surface area contributed by atoms with Crippen LogP contribution in [-0.2, 0) is 20.7 Å². The topological polar surface area (TPSA) is 76.0 Å². The number of esters is 1. The molecule has 0 aliphatic heterocycles. The van der Waals surface area contributed by atoms with E-state index in [2.05, 4.69) is 4.99 Å². The van der Waals surface area contributed by atoms with Crippen LogP contribution < -0.4 is 0 Å². The fourth-order valence-electron chi connectivity index (χ4n) is 3.59. The number of nitrogens with zero attached hydrogens (tertiary/aromatic N) is 1. The van der Waals surface area contributed by atoms with Gasteiger partial charge in [0.15, 0.2) is 5.78 Å². The Morgan fingerprint density at radius 3 is 2.52 bits per heavy atom. The van der Waals surface area contributed by atoms with Crippen LogP contribution in [0.15, 0.2) is 46.7 Å². The van der Waals surface area contributed by atoms with Gasteiger partial charge in [0.1, 0.15) is 11.7 Å². The number of benzene rings is 1. The average Bonchev–Trinajstić information content (AvgIpc) is 2.61. The van der Waals surface area contributed by atoms with Crippen molar-refractivity contribution >= 4 is 17.5 Å².